The van der Waals surface area contributed by atoms with Gasteiger partial charge in [0.05, 0.1) is 5.69 Å². The van der Waals surface area contributed by atoms with Crippen molar-refractivity contribution < 1.29 is 14.0 Å². The number of aromatic amines is 1. The smallest absolute Gasteiger partial charge is 0.225 e. The molecule has 0 saturated heterocycles. The second-order valence-corrected chi connectivity index (χ2v) is 5.58. The van der Waals surface area contributed by atoms with Crippen molar-refractivity contribution in [3.63, 3.8) is 0 Å². The van der Waals surface area contributed by atoms with Gasteiger partial charge in [0.2, 0.25) is 11.8 Å². The Bertz CT molecular complexity index is 727. The van der Waals surface area contributed by atoms with Gasteiger partial charge in [0, 0.05) is 31.5 Å². The van der Waals surface area contributed by atoms with Crippen molar-refractivity contribution in [3.05, 3.63) is 35.6 Å². The van der Waals surface area contributed by atoms with E-state index in [1.807, 2.05) is 6.92 Å². The van der Waals surface area contributed by atoms with Crippen molar-refractivity contribution >= 4 is 17.6 Å². The average molecular weight is 332 g/mol. The number of anilines is 1. The number of H-pyrrole nitrogens is 1. The summed E-state index contributed by atoms with van der Waals surface area (Å²) in [7, 11) is 1.58. The van der Waals surface area contributed by atoms with Crippen LogP contribution >= 0.6 is 0 Å². The molecule has 1 aromatic heterocycles. The summed E-state index contributed by atoms with van der Waals surface area (Å²) in [4.78, 5) is 22.9. The first-order valence-corrected chi connectivity index (χ1v) is 7.82. The van der Waals surface area contributed by atoms with Crippen LogP contribution < -0.4 is 10.6 Å². The highest BCUT2D eigenvalue weighted by atomic mass is 19.1. The van der Waals surface area contributed by atoms with Gasteiger partial charge < -0.3 is 10.6 Å². The van der Waals surface area contributed by atoms with Gasteiger partial charge in [-0.15, -0.1) is 0 Å². The lowest BCUT2D eigenvalue weighted by molar-refractivity contribution is -0.121. The van der Waals surface area contributed by atoms with Crippen molar-refractivity contribution in [2.45, 2.75) is 32.6 Å². The zero-order valence-corrected chi connectivity index (χ0v) is 13.8. The van der Waals surface area contributed by atoms with Crippen LogP contribution in [0.1, 0.15) is 31.2 Å². The monoisotopic (exact) mass is 332 g/mol. The van der Waals surface area contributed by atoms with Gasteiger partial charge in [-0.3, -0.25) is 14.7 Å². The van der Waals surface area contributed by atoms with Gasteiger partial charge in [-0.2, -0.15) is 5.10 Å². The minimum Gasteiger partial charge on any atom is -0.359 e. The van der Waals surface area contributed by atoms with E-state index < -0.39 is 0 Å². The van der Waals surface area contributed by atoms with E-state index in [0.717, 1.165) is 5.56 Å². The molecule has 1 heterocycles. The van der Waals surface area contributed by atoms with E-state index in [4.69, 9.17) is 0 Å². The molecule has 0 aliphatic rings. The lowest BCUT2D eigenvalue weighted by atomic mass is 10.1. The van der Waals surface area contributed by atoms with Gasteiger partial charge in [-0.05, 0) is 31.9 Å². The number of aromatic nitrogens is 2. The fraction of sp³-hybridized carbons (Fsp3) is 0.353. The molecule has 0 bridgehead atoms. The van der Waals surface area contributed by atoms with E-state index in [0.29, 0.717) is 42.8 Å². The van der Waals surface area contributed by atoms with Gasteiger partial charge in [0.15, 0.2) is 5.82 Å². The summed E-state index contributed by atoms with van der Waals surface area (Å²) < 4.78 is 13.9. The summed E-state index contributed by atoms with van der Waals surface area (Å²) >= 11 is 0. The maximum atomic E-state index is 13.9. The number of hydrogen-bond donors (Lipinski definition) is 3. The first-order valence-electron chi connectivity index (χ1n) is 7.82. The number of amides is 2. The highest BCUT2D eigenvalue weighted by Gasteiger charge is 2.11. The Morgan fingerprint density at radius 3 is 2.58 bits per heavy atom. The maximum absolute atomic E-state index is 13.9. The molecule has 6 nitrogen and oxygen atoms in total. The van der Waals surface area contributed by atoms with Crippen molar-refractivity contribution in [1.29, 1.82) is 0 Å². The second kappa shape index (κ2) is 8.24. The van der Waals surface area contributed by atoms with E-state index >= 15 is 0 Å². The molecule has 2 aromatic rings. The van der Waals surface area contributed by atoms with Crippen molar-refractivity contribution in [1.82, 2.24) is 15.5 Å². The summed E-state index contributed by atoms with van der Waals surface area (Å²) in [5, 5.41) is 11.9. The molecule has 24 heavy (non-hydrogen) atoms. The van der Waals surface area contributed by atoms with E-state index in [9.17, 15) is 14.0 Å². The fourth-order valence-electron chi connectivity index (χ4n) is 2.27. The highest BCUT2D eigenvalue weighted by Crippen LogP contribution is 2.24. The Morgan fingerprint density at radius 1 is 1.17 bits per heavy atom. The number of benzene rings is 1. The summed E-state index contributed by atoms with van der Waals surface area (Å²) in [6.45, 7) is 1.88. The Hall–Kier alpha value is -2.70. The van der Waals surface area contributed by atoms with E-state index in [1.54, 1.807) is 25.2 Å². The molecular formula is C17H21FN4O2. The van der Waals surface area contributed by atoms with Crippen LogP contribution in [-0.4, -0.2) is 29.1 Å². The van der Waals surface area contributed by atoms with Crippen LogP contribution in [0.4, 0.5) is 10.2 Å². The normalized spacial score (nSPS) is 10.5. The number of nitrogens with zero attached hydrogens (tertiary/aromatic N) is 1. The van der Waals surface area contributed by atoms with E-state index in [1.165, 1.54) is 6.07 Å². The highest BCUT2D eigenvalue weighted by molar-refractivity contribution is 5.90. The second-order valence-electron chi connectivity index (χ2n) is 5.58. The zero-order valence-electron chi connectivity index (χ0n) is 13.8. The standard InChI is InChI=1S/C17H21FN4O2/c1-11-7-8-13(18)12(9-11)14-10-15(22-21-14)20-17(24)6-4-3-5-16(23)19-2/h7-10H,3-6H2,1-2H3,(H,19,23)(H2,20,21,22,24). The third kappa shape index (κ3) is 4.91. The molecule has 0 radical (unpaired) electrons. The molecule has 0 spiro atoms. The molecule has 0 aliphatic carbocycles. The summed E-state index contributed by atoms with van der Waals surface area (Å²) in [5.41, 5.74) is 1.85. The first-order chi connectivity index (χ1) is 11.5. The SMILES string of the molecule is CNC(=O)CCCCC(=O)Nc1cc(-c2cc(C)ccc2F)[nH]n1. The molecular weight excluding hydrogens is 311 g/mol. The number of nitrogens with one attached hydrogen (secondary N) is 3. The molecule has 0 aliphatic heterocycles. The lowest BCUT2D eigenvalue weighted by Gasteiger charge is -2.02. The summed E-state index contributed by atoms with van der Waals surface area (Å²) in [6, 6.07) is 6.40. The van der Waals surface area contributed by atoms with Crippen LogP contribution in [0.3, 0.4) is 0 Å². The first kappa shape index (κ1) is 17.7. The van der Waals surface area contributed by atoms with Crippen molar-refractivity contribution in [3.8, 4) is 11.3 Å². The number of hydrogen-bond acceptors (Lipinski definition) is 3. The summed E-state index contributed by atoms with van der Waals surface area (Å²) in [5.74, 6) is -0.222. The third-order valence-electron chi connectivity index (χ3n) is 3.59. The Kier molecular flexibility index (Phi) is 6.06. The molecule has 2 amide bonds. The molecule has 0 unspecified atom stereocenters. The topological polar surface area (TPSA) is 86.9 Å². The van der Waals surface area contributed by atoms with Crippen LogP contribution in [0.2, 0.25) is 0 Å². The van der Waals surface area contributed by atoms with Gasteiger partial charge in [-0.1, -0.05) is 11.6 Å². The van der Waals surface area contributed by atoms with Crippen LogP contribution in [0.25, 0.3) is 11.3 Å². The van der Waals surface area contributed by atoms with Crippen molar-refractivity contribution in [2.24, 2.45) is 0 Å². The largest absolute Gasteiger partial charge is 0.359 e. The van der Waals surface area contributed by atoms with Gasteiger partial charge in [0.1, 0.15) is 5.82 Å². The predicted molar refractivity (Wildman–Crippen MR) is 89.9 cm³/mol. The zero-order chi connectivity index (χ0) is 17.5. The van der Waals surface area contributed by atoms with Gasteiger partial charge >= 0.3 is 0 Å². The van der Waals surface area contributed by atoms with Gasteiger partial charge in [-0.25, -0.2) is 4.39 Å². The number of aryl methyl sites for hydroxylation is 1. The quantitative estimate of drug-likeness (QED) is 0.681. The van der Waals surface area contributed by atoms with Gasteiger partial charge in [0.25, 0.3) is 0 Å². The molecule has 0 fully saturated rings. The third-order valence-corrected chi connectivity index (χ3v) is 3.59. The fourth-order valence-corrected chi connectivity index (χ4v) is 2.27. The molecule has 128 valence electrons. The number of carbonyl (C=O) groups excluding carboxylic acids is 2. The Morgan fingerprint density at radius 2 is 1.88 bits per heavy atom. The molecule has 1 aromatic carbocycles. The Balaban J connectivity index is 1.88. The maximum Gasteiger partial charge on any atom is 0.225 e. The van der Waals surface area contributed by atoms with E-state index in [2.05, 4.69) is 20.8 Å². The molecule has 2 rings (SSSR count). The van der Waals surface area contributed by atoms with Crippen LogP contribution in [0.15, 0.2) is 24.3 Å². The number of unbranched alkanes of at least 4 members (excludes halogenated alkanes) is 1. The summed E-state index contributed by atoms with van der Waals surface area (Å²) in [6.07, 6.45) is 1.97. The van der Waals surface area contributed by atoms with Crippen LogP contribution in [-0.2, 0) is 9.59 Å². The van der Waals surface area contributed by atoms with E-state index in [-0.39, 0.29) is 17.6 Å². The van der Waals surface area contributed by atoms with Crippen LogP contribution in [0.5, 0.6) is 0 Å². The van der Waals surface area contributed by atoms with Crippen molar-refractivity contribution in [2.75, 3.05) is 12.4 Å². The Labute approximate surface area is 139 Å². The lowest BCUT2D eigenvalue weighted by Crippen LogP contribution is -2.17. The molecule has 0 atom stereocenters. The molecule has 3 N–H and O–H groups in total. The molecule has 0 saturated carbocycles. The molecule has 7 heteroatoms. The number of rotatable bonds is 7. The van der Waals surface area contributed by atoms with Crippen LogP contribution in [0, 0.1) is 12.7 Å². The number of carbonyl (C=O) groups is 2. The number of halogens is 1. The predicted octanol–water partition coefficient (Wildman–Crippen LogP) is 2.77. The minimum absolute atomic E-state index is 0.0347. The average Bonchev–Trinajstić information content (AvgIpc) is 3.01. The minimum atomic E-state index is -0.351.